The number of amides is 4. The second kappa shape index (κ2) is 6.34. The fraction of sp³-hybridized carbons (Fsp3) is 0.250. The van der Waals surface area contributed by atoms with E-state index >= 15 is 0 Å². The summed E-state index contributed by atoms with van der Waals surface area (Å²) in [6.45, 7) is 2.77. The molecule has 1 aliphatic rings. The first-order valence-corrected chi connectivity index (χ1v) is 7.50. The molecule has 2 aromatic rings. The third-order valence-corrected chi connectivity index (χ3v) is 3.74. The van der Waals surface area contributed by atoms with Crippen LogP contribution in [0.3, 0.4) is 0 Å². The third kappa shape index (κ3) is 3.21. The van der Waals surface area contributed by atoms with Crippen molar-refractivity contribution in [2.75, 3.05) is 16.8 Å². The van der Waals surface area contributed by atoms with E-state index in [2.05, 4.69) is 10.5 Å². The Hall–Kier alpha value is -3.23. The molecule has 0 radical (unpaired) electrons. The van der Waals surface area contributed by atoms with Crippen LogP contribution in [0.25, 0.3) is 0 Å². The zero-order valence-corrected chi connectivity index (χ0v) is 13.5. The maximum atomic E-state index is 13.1. The van der Waals surface area contributed by atoms with Gasteiger partial charge in [-0.05, 0) is 38.1 Å². The molecule has 1 N–H and O–H groups in total. The van der Waals surface area contributed by atoms with Crippen LogP contribution in [0.5, 0.6) is 0 Å². The number of urea groups is 1. The SMILES string of the molecule is Cc1cc(NC(=O)CN2C(=O)[C@H](C)N(c3ccc(F)cc3)C2=O)on1. The average Bonchev–Trinajstić information content (AvgIpc) is 3.06. The molecule has 8 nitrogen and oxygen atoms in total. The quantitative estimate of drug-likeness (QED) is 0.853. The van der Waals surface area contributed by atoms with E-state index in [-0.39, 0.29) is 5.88 Å². The Bertz CT molecular complexity index is 833. The van der Waals surface area contributed by atoms with Crippen LogP contribution in [0.1, 0.15) is 12.6 Å². The fourth-order valence-electron chi connectivity index (χ4n) is 2.55. The molecule has 0 aliphatic carbocycles. The normalized spacial score (nSPS) is 17.3. The third-order valence-electron chi connectivity index (χ3n) is 3.74. The molecule has 1 fully saturated rings. The zero-order chi connectivity index (χ0) is 18.1. The first kappa shape index (κ1) is 16.6. The Kier molecular flexibility index (Phi) is 4.22. The minimum absolute atomic E-state index is 0.130. The lowest BCUT2D eigenvalue weighted by molar-refractivity contribution is -0.130. The number of carbonyl (C=O) groups excluding carboxylic acids is 3. The first-order valence-electron chi connectivity index (χ1n) is 7.50. The number of carbonyl (C=O) groups is 3. The number of rotatable bonds is 4. The molecule has 1 aromatic heterocycles. The van der Waals surface area contributed by atoms with Gasteiger partial charge < -0.3 is 4.52 Å². The molecule has 1 saturated heterocycles. The van der Waals surface area contributed by atoms with Crippen LogP contribution >= 0.6 is 0 Å². The highest BCUT2D eigenvalue weighted by Gasteiger charge is 2.44. The van der Waals surface area contributed by atoms with Crippen LogP contribution < -0.4 is 10.2 Å². The first-order chi connectivity index (χ1) is 11.9. The van der Waals surface area contributed by atoms with E-state index in [1.54, 1.807) is 13.8 Å². The number of aryl methyl sites for hydroxylation is 1. The van der Waals surface area contributed by atoms with Gasteiger partial charge in [0, 0.05) is 11.8 Å². The summed E-state index contributed by atoms with van der Waals surface area (Å²) in [5.41, 5.74) is 0.959. The van der Waals surface area contributed by atoms with Crippen LogP contribution in [-0.2, 0) is 9.59 Å². The monoisotopic (exact) mass is 346 g/mol. The van der Waals surface area contributed by atoms with Crippen LogP contribution in [0.4, 0.5) is 20.8 Å². The Morgan fingerprint density at radius 3 is 2.60 bits per heavy atom. The molecule has 1 aromatic carbocycles. The smallest absolute Gasteiger partial charge is 0.332 e. The Morgan fingerprint density at radius 2 is 2.00 bits per heavy atom. The maximum absolute atomic E-state index is 13.1. The van der Waals surface area contributed by atoms with E-state index in [0.717, 1.165) is 4.90 Å². The summed E-state index contributed by atoms with van der Waals surface area (Å²) in [4.78, 5) is 39.0. The summed E-state index contributed by atoms with van der Waals surface area (Å²) in [5, 5.41) is 6.05. The molecular formula is C16H15FN4O4. The Labute approximate surface area is 142 Å². The second-order valence-corrected chi connectivity index (χ2v) is 5.61. The number of anilines is 2. The molecule has 0 spiro atoms. The van der Waals surface area contributed by atoms with Crippen LogP contribution in [-0.4, -0.2) is 40.5 Å². The number of hydrogen-bond acceptors (Lipinski definition) is 5. The Balaban J connectivity index is 1.73. The van der Waals surface area contributed by atoms with Gasteiger partial charge in [-0.25, -0.2) is 9.18 Å². The lowest BCUT2D eigenvalue weighted by atomic mass is 10.2. The highest BCUT2D eigenvalue weighted by Crippen LogP contribution is 2.25. The van der Waals surface area contributed by atoms with Gasteiger partial charge in [0.05, 0.1) is 5.69 Å². The van der Waals surface area contributed by atoms with E-state index in [1.807, 2.05) is 0 Å². The van der Waals surface area contributed by atoms with E-state index in [1.165, 1.54) is 35.2 Å². The van der Waals surface area contributed by atoms with Gasteiger partial charge in [0.1, 0.15) is 18.4 Å². The second-order valence-electron chi connectivity index (χ2n) is 5.61. The highest BCUT2D eigenvalue weighted by molar-refractivity contribution is 6.15. The van der Waals surface area contributed by atoms with Crippen molar-refractivity contribution in [3.05, 3.63) is 41.8 Å². The van der Waals surface area contributed by atoms with E-state index in [9.17, 15) is 18.8 Å². The summed E-state index contributed by atoms with van der Waals surface area (Å²) < 4.78 is 17.9. The molecule has 9 heteroatoms. The summed E-state index contributed by atoms with van der Waals surface area (Å²) in [5.74, 6) is -1.43. The van der Waals surface area contributed by atoms with Gasteiger partial charge in [-0.1, -0.05) is 5.16 Å². The van der Waals surface area contributed by atoms with Gasteiger partial charge in [-0.15, -0.1) is 0 Å². The van der Waals surface area contributed by atoms with Crippen LogP contribution in [0.2, 0.25) is 0 Å². The fourth-order valence-corrected chi connectivity index (χ4v) is 2.55. The molecule has 4 amide bonds. The number of imide groups is 1. The van der Waals surface area contributed by atoms with Gasteiger partial charge in [-0.2, -0.15) is 0 Å². The van der Waals surface area contributed by atoms with Gasteiger partial charge >= 0.3 is 6.03 Å². The van der Waals surface area contributed by atoms with Gasteiger partial charge in [0.2, 0.25) is 11.8 Å². The topological polar surface area (TPSA) is 95.8 Å². The summed E-state index contributed by atoms with van der Waals surface area (Å²) >= 11 is 0. The summed E-state index contributed by atoms with van der Waals surface area (Å²) in [6.07, 6.45) is 0. The number of nitrogens with one attached hydrogen (secondary N) is 1. The van der Waals surface area contributed by atoms with Crippen molar-refractivity contribution < 1.29 is 23.3 Å². The molecule has 0 bridgehead atoms. The molecule has 25 heavy (non-hydrogen) atoms. The maximum Gasteiger partial charge on any atom is 0.332 e. The van der Waals surface area contributed by atoms with Crippen molar-refractivity contribution in [3.8, 4) is 0 Å². The van der Waals surface area contributed by atoms with Gasteiger partial charge in [0.15, 0.2) is 0 Å². The van der Waals surface area contributed by atoms with E-state index in [0.29, 0.717) is 11.4 Å². The zero-order valence-electron chi connectivity index (χ0n) is 13.5. The predicted molar refractivity (Wildman–Crippen MR) is 85.3 cm³/mol. The molecule has 0 saturated carbocycles. The number of benzene rings is 1. The van der Waals surface area contributed by atoms with Crippen molar-refractivity contribution in [1.29, 1.82) is 0 Å². The number of halogens is 1. The van der Waals surface area contributed by atoms with Crippen molar-refractivity contribution in [1.82, 2.24) is 10.1 Å². The molecule has 1 atom stereocenters. The molecule has 0 unspecified atom stereocenters. The molecule has 130 valence electrons. The molecule has 2 heterocycles. The van der Waals surface area contributed by atoms with E-state index in [4.69, 9.17) is 4.52 Å². The Morgan fingerprint density at radius 1 is 1.32 bits per heavy atom. The van der Waals surface area contributed by atoms with Crippen molar-refractivity contribution in [3.63, 3.8) is 0 Å². The number of nitrogens with zero attached hydrogens (tertiary/aromatic N) is 3. The lowest BCUT2D eigenvalue weighted by Gasteiger charge is -2.19. The van der Waals surface area contributed by atoms with Crippen LogP contribution in [0.15, 0.2) is 34.9 Å². The largest absolute Gasteiger partial charge is 0.338 e. The molecule has 3 rings (SSSR count). The van der Waals surface area contributed by atoms with E-state index < -0.39 is 36.2 Å². The lowest BCUT2D eigenvalue weighted by Crippen LogP contribution is -2.39. The standard InChI is InChI=1S/C16H15FN4O4/c1-9-7-14(25-19-9)18-13(22)8-20-15(23)10(2)21(16(20)24)12-5-3-11(17)4-6-12/h3-7,10H,8H2,1-2H3,(H,18,22)/t10-/m0/s1. The number of hydrogen-bond donors (Lipinski definition) is 1. The molecule has 1 aliphatic heterocycles. The summed E-state index contributed by atoms with van der Waals surface area (Å²) in [6, 6.07) is 5.27. The van der Waals surface area contributed by atoms with Gasteiger partial charge in [-0.3, -0.25) is 24.7 Å². The minimum Gasteiger partial charge on any atom is -0.338 e. The minimum atomic E-state index is -0.793. The predicted octanol–water partition coefficient (Wildman–Crippen LogP) is 1.92. The molecular weight excluding hydrogens is 331 g/mol. The number of aromatic nitrogens is 1. The van der Waals surface area contributed by atoms with Gasteiger partial charge in [0.25, 0.3) is 5.91 Å². The van der Waals surface area contributed by atoms with Crippen LogP contribution in [0, 0.1) is 12.7 Å². The highest BCUT2D eigenvalue weighted by atomic mass is 19.1. The van der Waals surface area contributed by atoms with Crippen molar-refractivity contribution in [2.45, 2.75) is 19.9 Å². The van der Waals surface area contributed by atoms with Crippen molar-refractivity contribution >= 4 is 29.4 Å². The summed E-state index contributed by atoms with van der Waals surface area (Å²) in [7, 11) is 0. The van der Waals surface area contributed by atoms with Crippen molar-refractivity contribution in [2.24, 2.45) is 0 Å². The average molecular weight is 346 g/mol.